The maximum absolute atomic E-state index is 13.5. The molecule has 0 radical (unpaired) electrons. The van der Waals surface area contributed by atoms with Crippen LogP contribution < -0.4 is 4.74 Å². The van der Waals surface area contributed by atoms with Crippen LogP contribution in [0, 0.1) is 23.1 Å². The Labute approximate surface area is 109 Å². The fourth-order valence-corrected chi connectivity index (χ4v) is 2.16. The summed E-state index contributed by atoms with van der Waals surface area (Å²) in [6.45, 7) is 0.235. The first-order valence-corrected chi connectivity index (χ1v) is 6.20. The maximum Gasteiger partial charge on any atom is 0.248 e. The summed E-state index contributed by atoms with van der Waals surface area (Å²) >= 11 is 0. The van der Waals surface area contributed by atoms with Crippen molar-refractivity contribution in [2.45, 2.75) is 31.6 Å². The minimum Gasteiger partial charge on any atom is -0.490 e. The van der Waals surface area contributed by atoms with Gasteiger partial charge in [0.15, 0.2) is 11.6 Å². The Morgan fingerprint density at radius 3 is 2.58 bits per heavy atom. The van der Waals surface area contributed by atoms with Crippen LogP contribution in [-0.4, -0.2) is 12.5 Å². The Hall–Kier alpha value is -1.70. The Kier molecular flexibility index (Phi) is 3.98. The number of nitrogens with zero attached hydrogens (tertiary/aromatic N) is 1. The average molecular weight is 269 g/mol. The first-order chi connectivity index (χ1) is 9.00. The molecule has 2 rings (SSSR count). The Morgan fingerprint density at radius 1 is 1.32 bits per heavy atom. The molecular weight excluding hydrogens is 255 g/mol. The van der Waals surface area contributed by atoms with Crippen LogP contribution in [0.15, 0.2) is 18.2 Å². The van der Waals surface area contributed by atoms with Gasteiger partial charge in [0.1, 0.15) is 0 Å². The Balaban J connectivity index is 1.88. The van der Waals surface area contributed by atoms with Gasteiger partial charge in [-0.2, -0.15) is 5.26 Å². The number of hydrogen-bond donors (Lipinski definition) is 0. The van der Waals surface area contributed by atoms with Gasteiger partial charge in [0.2, 0.25) is 5.92 Å². The molecule has 1 aromatic carbocycles. The van der Waals surface area contributed by atoms with E-state index in [2.05, 4.69) is 0 Å². The van der Waals surface area contributed by atoms with Gasteiger partial charge < -0.3 is 4.74 Å². The molecular formula is C14H14F3NO. The van der Waals surface area contributed by atoms with Gasteiger partial charge in [-0.1, -0.05) is 0 Å². The van der Waals surface area contributed by atoms with Gasteiger partial charge in [-0.3, -0.25) is 0 Å². The van der Waals surface area contributed by atoms with E-state index in [-0.39, 0.29) is 36.7 Å². The number of ether oxygens (including phenoxy) is 1. The van der Waals surface area contributed by atoms with E-state index in [1.54, 1.807) is 0 Å². The van der Waals surface area contributed by atoms with E-state index in [9.17, 15) is 13.2 Å². The lowest BCUT2D eigenvalue weighted by Crippen LogP contribution is -2.27. The molecule has 1 fully saturated rings. The second-order valence-corrected chi connectivity index (χ2v) is 4.87. The van der Waals surface area contributed by atoms with Gasteiger partial charge in [-0.25, -0.2) is 13.2 Å². The summed E-state index contributed by atoms with van der Waals surface area (Å²) in [5, 5.41) is 8.61. The highest BCUT2D eigenvalue weighted by atomic mass is 19.3. The predicted molar refractivity (Wildman–Crippen MR) is 63.5 cm³/mol. The van der Waals surface area contributed by atoms with Crippen LogP contribution in [0.25, 0.3) is 0 Å². The smallest absolute Gasteiger partial charge is 0.248 e. The number of rotatable bonds is 3. The molecule has 102 valence electrons. The number of hydrogen-bond acceptors (Lipinski definition) is 2. The van der Waals surface area contributed by atoms with Gasteiger partial charge in [0, 0.05) is 12.8 Å². The third-order valence-corrected chi connectivity index (χ3v) is 3.37. The summed E-state index contributed by atoms with van der Waals surface area (Å²) in [6, 6.07) is 5.79. The van der Waals surface area contributed by atoms with E-state index < -0.39 is 11.7 Å². The lowest BCUT2D eigenvalue weighted by molar-refractivity contribution is -0.0499. The zero-order valence-electron chi connectivity index (χ0n) is 10.3. The molecule has 0 amide bonds. The van der Waals surface area contributed by atoms with Gasteiger partial charge in [-0.05, 0) is 37.0 Å². The molecule has 1 aliphatic rings. The number of halogens is 3. The van der Waals surface area contributed by atoms with Crippen molar-refractivity contribution in [1.82, 2.24) is 0 Å². The predicted octanol–water partition coefficient (Wildman–Crippen LogP) is 3.90. The molecule has 19 heavy (non-hydrogen) atoms. The largest absolute Gasteiger partial charge is 0.490 e. The van der Waals surface area contributed by atoms with E-state index in [1.165, 1.54) is 12.1 Å². The molecule has 0 N–H and O–H groups in total. The van der Waals surface area contributed by atoms with Crippen LogP contribution in [0.5, 0.6) is 5.75 Å². The van der Waals surface area contributed by atoms with Crippen molar-refractivity contribution < 1.29 is 17.9 Å². The van der Waals surface area contributed by atoms with Crippen LogP contribution in [0.2, 0.25) is 0 Å². The molecule has 1 saturated carbocycles. The summed E-state index contributed by atoms with van der Waals surface area (Å²) in [4.78, 5) is 0. The minimum atomic E-state index is -2.56. The second kappa shape index (κ2) is 5.52. The van der Waals surface area contributed by atoms with E-state index in [0.717, 1.165) is 6.07 Å². The summed E-state index contributed by atoms with van der Waals surface area (Å²) < 4.78 is 44.7. The first-order valence-electron chi connectivity index (χ1n) is 6.20. The van der Waals surface area contributed by atoms with Gasteiger partial charge in [-0.15, -0.1) is 0 Å². The van der Waals surface area contributed by atoms with Crippen molar-refractivity contribution in [2.24, 2.45) is 5.92 Å². The van der Waals surface area contributed by atoms with Crippen LogP contribution in [0.4, 0.5) is 13.2 Å². The summed E-state index contributed by atoms with van der Waals surface area (Å²) in [7, 11) is 0. The van der Waals surface area contributed by atoms with Crippen molar-refractivity contribution >= 4 is 0 Å². The molecule has 0 aromatic heterocycles. The quantitative estimate of drug-likeness (QED) is 0.833. The second-order valence-electron chi connectivity index (χ2n) is 4.87. The molecule has 0 bridgehead atoms. The molecule has 0 spiro atoms. The fraction of sp³-hybridized carbons (Fsp3) is 0.500. The van der Waals surface area contributed by atoms with Crippen molar-refractivity contribution in [2.75, 3.05) is 6.61 Å². The molecule has 0 atom stereocenters. The molecule has 2 nitrogen and oxygen atoms in total. The summed E-state index contributed by atoms with van der Waals surface area (Å²) in [5.41, 5.74) is 0.224. The van der Waals surface area contributed by atoms with Crippen LogP contribution in [0.1, 0.15) is 31.2 Å². The maximum atomic E-state index is 13.5. The lowest BCUT2D eigenvalue weighted by Gasteiger charge is -2.28. The SMILES string of the molecule is N#Cc1ccc(OCC2CCC(F)(F)CC2)c(F)c1. The molecule has 0 saturated heterocycles. The third-order valence-electron chi connectivity index (χ3n) is 3.37. The molecule has 0 unspecified atom stereocenters. The first kappa shape index (κ1) is 13.7. The van der Waals surface area contributed by atoms with Gasteiger partial charge in [0.05, 0.1) is 18.2 Å². The van der Waals surface area contributed by atoms with Crippen molar-refractivity contribution in [1.29, 1.82) is 5.26 Å². The molecule has 1 aromatic rings. The van der Waals surface area contributed by atoms with E-state index in [4.69, 9.17) is 10.00 Å². The van der Waals surface area contributed by atoms with Gasteiger partial charge >= 0.3 is 0 Å². The molecule has 1 aliphatic carbocycles. The average Bonchev–Trinajstić information content (AvgIpc) is 2.38. The third kappa shape index (κ3) is 3.63. The number of alkyl halides is 2. The van der Waals surface area contributed by atoms with E-state index in [1.807, 2.05) is 6.07 Å². The standard InChI is InChI=1S/C14H14F3NO/c15-12-7-11(8-18)1-2-13(12)19-9-10-3-5-14(16,17)6-4-10/h1-2,7,10H,3-6,9H2. The molecule has 0 aliphatic heterocycles. The van der Waals surface area contributed by atoms with E-state index >= 15 is 0 Å². The highest BCUT2D eigenvalue weighted by Gasteiger charge is 2.35. The summed E-state index contributed by atoms with van der Waals surface area (Å²) in [5.74, 6) is -3.05. The number of nitriles is 1. The van der Waals surface area contributed by atoms with Crippen molar-refractivity contribution in [3.8, 4) is 11.8 Å². The zero-order chi connectivity index (χ0) is 13.9. The Morgan fingerprint density at radius 2 is 2.00 bits per heavy atom. The topological polar surface area (TPSA) is 33.0 Å². The van der Waals surface area contributed by atoms with Crippen molar-refractivity contribution in [3.63, 3.8) is 0 Å². The Bertz CT molecular complexity index is 486. The highest BCUT2D eigenvalue weighted by molar-refractivity contribution is 5.35. The highest BCUT2D eigenvalue weighted by Crippen LogP contribution is 2.36. The summed E-state index contributed by atoms with van der Waals surface area (Å²) in [6.07, 6.45) is 0.531. The van der Waals surface area contributed by atoms with Crippen LogP contribution in [-0.2, 0) is 0 Å². The number of benzene rings is 1. The van der Waals surface area contributed by atoms with Gasteiger partial charge in [0.25, 0.3) is 0 Å². The minimum absolute atomic E-state index is 0.0367. The normalized spacial score (nSPS) is 18.8. The molecule has 5 heteroatoms. The fourth-order valence-electron chi connectivity index (χ4n) is 2.16. The van der Waals surface area contributed by atoms with Crippen molar-refractivity contribution in [3.05, 3.63) is 29.6 Å². The monoisotopic (exact) mass is 269 g/mol. The van der Waals surface area contributed by atoms with Crippen LogP contribution in [0.3, 0.4) is 0 Å². The van der Waals surface area contributed by atoms with E-state index in [0.29, 0.717) is 12.8 Å². The molecule has 0 heterocycles. The lowest BCUT2D eigenvalue weighted by atomic mass is 9.87. The van der Waals surface area contributed by atoms with Crippen LogP contribution >= 0.6 is 0 Å². The zero-order valence-corrected chi connectivity index (χ0v) is 10.3.